The lowest BCUT2D eigenvalue weighted by atomic mass is 10.1. The van der Waals surface area contributed by atoms with Crippen molar-refractivity contribution in [1.29, 1.82) is 0 Å². The van der Waals surface area contributed by atoms with Gasteiger partial charge in [0.05, 0.1) is 11.6 Å². The zero-order chi connectivity index (χ0) is 12.5. The van der Waals surface area contributed by atoms with Gasteiger partial charge in [-0.1, -0.05) is 23.7 Å². The number of nitrogens with one attached hydrogen (secondary N) is 1. The molecular weight excluding hydrogens is 241 g/mol. The largest absolute Gasteiger partial charge is 0.383 e. The lowest BCUT2D eigenvalue weighted by Crippen LogP contribution is -2.20. The van der Waals surface area contributed by atoms with Crippen LogP contribution in [-0.4, -0.2) is 26.8 Å². The Bertz CT molecular complexity index is 333. The molecule has 1 aromatic carbocycles. The quantitative estimate of drug-likeness (QED) is 0.725. The topological polar surface area (TPSA) is 21.3 Å². The second-order valence-electron chi connectivity index (χ2n) is 3.91. The SMILES string of the molecule is COCCNCCCCc1cccc(Cl)c1F. The van der Waals surface area contributed by atoms with Crippen molar-refractivity contribution in [2.24, 2.45) is 0 Å². The van der Waals surface area contributed by atoms with Crippen LogP contribution in [-0.2, 0) is 11.2 Å². The minimum Gasteiger partial charge on any atom is -0.383 e. The number of rotatable bonds is 8. The molecule has 0 aromatic heterocycles. The maximum atomic E-state index is 13.5. The fourth-order valence-electron chi connectivity index (χ4n) is 1.61. The van der Waals surface area contributed by atoms with Gasteiger partial charge in [0.15, 0.2) is 0 Å². The van der Waals surface area contributed by atoms with Crippen LogP contribution in [0.25, 0.3) is 0 Å². The Morgan fingerprint density at radius 1 is 1.29 bits per heavy atom. The number of methoxy groups -OCH3 is 1. The predicted octanol–water partition coefficient (Wildman–Crippen LogP) is 3.04. The van der Waals surface area contributed by atoms with E-state index in [4.69, 9.17) is 16.3 Å². The van der Waals surface area contributed by atoms with Gasteiger partial charge in [-0.25, -0.2) is 4.39 Å². The molecular formula is C13H19ClFNO. The highest BCUT2D eigenvalue weighted by atomic mass is 35.5. The summed E-state index contributed by atoms with van der Waals surface area (Å²) < 4.78 is 18.4. The molecule has 0 aliphatic carbocycles. The van der Waals surface area contributed by atoms with Crippen molar-refractivity contribution >= 4 is 11.6 Å². The van der Waals surface area contributed by atoms with Crippen LogP contribution in [0.4, 0.5) is 4.39 Å². The van der Waals surface area contributed by atoms with Crippen molar-refractivity contribution in [3.63, 3.8) is 0 Å². The summed E-state index contributed by atoms with van der Waals surface area (Å²) in [5.41, 5.74) is 0.703. The summed E-state index contributed by atoms with van der Waals surface area (Å²) in [4.78, 5) is 0. The fraction of sp³-hybridized carbons (Fsp3) is 0.538. The van der Waals surface area contributed by atoms with Crippen LogP contribution >= 0.6 is 11.6 Å². The van der Waals surface area contributed by atoms with E-state index in [2.05, 4.69) is 5.32 Å². The van der Waals surface area contributed by atoms with Crippen LogP contribution in [0.2, 0.25) is 5.02 Å². The number of aryl methyl sites for hydroxylation is 1. The number of unbranched alkanes of at least 4 members (excludes halogenated alkanes) is 1. The first kappa shape index (κ1) is 14.4. The summed E-state index contributed by atoms with van der Waals surface area (Å²) in [6.07, 6.45) is 2.71. The van der Waals surface area contributed by atoms with E-state index in [1.54, 1.807) is 25.3 Å². The molecule has 0 radical (unpaired) electrons. The van der Waals surface area contributed by atoms with E-state index in [0.29, 0.717) is 5.56 Å². The molecule has 0 saturated carbocycles. The first-order valence-corrected chi connectivity index (χ1v) is 6.26. The molecule has 0 aliphatic heterocycles. The Morgan fingerprint density at radius 3 is 2.88 bits per heavy atom. The first-order valence-electron chi connectivity index (χ1n) is 5.88. The molecule has 0 spiro atoms. The maximum Gasteiger partial charge on any atom is 0.144 e. The molecule has 0 bridgehead atoms. The standard InChI is InChI=1S/C13H19ClFNO/c1-17-10-9-16-8-3-2-5-11-6-4-7-12(14)13(11)15/h4,6-7,16H,2-3,5,8-10H2,1H3. The van der Waals surface area contributed by atoms with Gasteiger partial charge in [0.1, 0.15) is 5.82 Å². The summed E-state index contributed by atoms with van der Waals surface area (Å²) in [5, 5.41) is 3.46. The Hall–Kier alpha value is -0.640. The summed E-state index contributed by atoms with van der Waals surface area (Å²) in [7, 11) is 1.68. The van der Waals surface area contributed by atoms with Crippen molar-refractivity contribution in [3.8, 4) is 0 Å². The van der Waals surface area contributed by atoms with Gasteiger partial charge in [0.25, 0.3) is 0 Å². The highest BCUT2D eigenvalue weighted by Gasteiger charge is 2.05. The van der Waals surface area contributed by atoms with Crippen LogP contribution in [0.15, 0.2) is 18.2 Å². The van der Waals surface area contributed by atoms with E-state index < -0.39 is 0 Å². The van der Waals surface area contributed by atoms with E-state index >= 15 is 0 Å². The van der Waals surface area contributed by atoms with Crippen molar-refractivity contribution in [2.45, 2.75) is 19.3 Å². The lowest BCUT2D eigenvalue weighted by molar-refractivity contribution is 0.199. The summed E-state index contributed by atoms with van der Waals surface area (Å²) in [6, 6.07) is 5.16. The van der Waals surface area contributed by atoms with E-state index in [-0.39, 0.29) is 10.8 Å². The Balaban J connectivity index is 2.16. The van der Waals surface area contributed by atoms with Crippen molar-refractivity contribution < 1.29 is 9.13 Å². The minimum atomic E-state index is -0.276. The average molecular weight is 260 g/mol. The van der Waals surface area contributed by atoms with E-state index in [9.17, 15) is 4.39 Å². The van der Waals surface area contributed by atoms with Gasteiger partial charge < -0.3 is 10.1 Å². The number of hydrogen-bond donors (Lipinski definition) is 1. The summed E-state index contributed by atoms with van der Waals surface area (Å²) in [6.45, 7) is 2.52. The van der Waals surface area contributed by atoms with Crippen LogP contribution in [0, 0.1) is 5.82 Å². The van der Waals surface area contributed by atoms with Crippen molar-refractivity contribution in [3.05, 3.63) is 34.6 Å². The Morgan fingerprint density at radius 2 is 2.12 bits per heavy atom. The Kier molecular flexibility index (Phi) is 7.17. The Labute approximate surface area is 107 Å². The smallest absolute Gasteiger partial charge is 0.144 e. The third kappa shape index (κ3) is 5.48. The van der Waals surface area contributed by atoms with E-state index in [0.717, 1.165) is 39.0 Å². The van der Waals surface area contributed by atoms with Gasteiger partial charge in [-0.3, -0.25) is 0 Å². The molecule has 17 heavy (non-hydrogen) atoms. The normalized spacial score (nSPS) is 10.8. The van der Waals surface area contributed by atoms with Gasteiger partial charge in [0, 0.05) is 13.7 Å². The van der Waals surface area contributed by atoms with Crippen LogP contribution < -0.4 is 5.32 Å². The summed E-state index contributed by atoms with van der Waals surface area (Å²) in [5.74, 6) is -0.276. The molecule has 1 rings (SSSR count). The van der Waals surface area contributed by atoms with Gasteiger partial charge >= 0.3 is 0 Å². The molecule has 4 heteroatoms. The van der Waals surface area contributed by atoms with Gasteiger partial charge in [0.2, 0.25) is 0 Å². The second kappa shape index (κ2) is 8.45. The molecule has 0 unspecified atom stereocenters. The molecule has 0 aliphatic rings. The van der Waals surface area contributed by atoms with Crippen LogP contribution in [0.5, 0.6) is 0 Å². The molecule has 0 fully saturated rings. The lowest BCUT2D eigenvalue weighted by Gasteiger charge is -2.05. The molecule has 0 heterocycles. The fourth-order valence-corrected chi connectivity index (χ4v) is 1.80. The zero-order valence-corrected chi connectivity index (χ0v) is 10.9. The predicted molar refractivity (Wildman–Crippen MR) is 69.1 cm³/mol. The van der Waals surface area contributed by atoms with Crippen molar-refractivity contribution in [2.75, 3.05) is 26.8 Å². The highest BCUT2D eigenvalue weighted by Crippen LogP contribution is 2.19. The van der Waals surface area contributed by atoms with Gasteiger partial charge in [-0.15, -0.1) is 0 Å². The molecule has 0 amide bonds. The number of halogens is 2. The monoisotopic (exact) mass is 259 g/mol. The van der Waals surface area contributed by atoms with Gasteiger partial charge in [-0.05, 0) is 37.4 Å². The average Bonchev–Trinajstić information content (AvgIpc) is 2.33. The van der Waals surface area contributed by atoms with E-state index in [1.165, 1.54) is 0 Å². The molecule has 0 atom stereocenters. The molecule has 0 saturated heterocycles. The highest BCUT2D eigenvalue weighted by molar-refractivity contribution is 6.30. The van der Waals surface area contributed by atoms with E-state index in [1.807, 2.05) is 0 Å². The number of hydrogen-bond acceptors (Lipinski definition) is 2. The van der Waals surface area contributed by atoms with Crippen LogP contribution in [0.1, 0.15) is 18.4 Å². The molecule has 1 N–H and O–H groups in total. The first-order chi connectivity index (χ1) is 8.25. The second-order valence-corrected chi connectivity index (χ2v) is 4.32. The molecule has 96 valence electrons. The number of benzene rings is 1. The zero-order valence-electron chi connectivity index (χ0n) is 10.1. The van der Waals surface area contributed by atoms with Gasteiger partial charge in [-0.2, -0.15) is 0 Å². The number of ether oxygens (including phenoxy) is 1. The maximum absolute atomic E-state index is 13.5. The van der Waals surface area contributed by atoms with Crippen molar-refractivity contribution in [1.82, 2.24) is 5.32 Å². The third-order valence-electron chi connectivity index (χ3n) is 2.56. The summed E-state index contributed by atoms with van der Waals surface area (Å²) >= 11 is 5.71. The minimum absolute atomic E-state index is 0.209. The molecule has 2 nitrogen and oxygen atoms in total. The third-order valence-corrected chi connectivity index (χ3v) is 2.86. The van der Waals surface area contributed by atoms with Crippen LogP contribution in [0.3, 0.4) is 0 Å². The molecule has 1 aromatic rings.